The van der Waals surface area contributed by atoms with Crippen molar-refractivity contribution in [2.75, 3.05) is 25.0 Å². The summed E-state index contributed by atoms with van der Waals surface area (Å²) < 4.78 is 0. The maximum atomic E-state index is 4.01. The van der Waals surface area contributed by atoms with Crippen molar-refractivity contribution < 1.29 is 17.0 Å². The molecular formula is C20H45BrNP. The molecule has 0 fully saturated rings. The lowest BCUT2D eigenvalue weighted by Crippen LogP contribution is -3.00. The predicted molar refractivity (Wildman–Crippen MR) is 108 cm³/mol. The average Bonchev–Trinajstić information content (AvgIpc) is 2.55. The first-order valence-electron chi connectivity index (χ1n) is 10.3. The Morgan fingerprint density at radius 1 is 0.652 bits per heavy atom. The molecule has 0 aliphatic rings. The Hall–Kier alpha value is 0.870. The molecule has 142 valence electrons. The summed E-state index contributed by atoms with van der Waals surface area (Å²) in [5.41, 5.74) is 0. The van der Waals surface area contributed by atoms with Gasteiger partial charge >= 0.3 is 0 Å². The SMILES string of the molecule is CCCCCCCCNC(CCCCC)[P+](CC)(CC)CC.[Br-]. The molecule has 0 aliphatic carbocycles. The van der Waals surface area contributed by atoms with Gasteiger partial charge in [0.25, 0.3) is 0 Å². The monoisotopic (exact) mass is 409 g/mol. The third-order valence-electron chi connectivity index (χ3n) is 5.54. The van der Waals surface area contributed by atoms with Crippen LogP contribution in [0.15, 0.2) is 0 Å². The zero-order chi connectivity index (χ0) is 16.7. The van der Waals surface area contributed by atoms with Crippen LogP contribution < -0.4 is 22.3 Å². The molecule has 1 atom stereocenters. The van der Waals surface area contributed by atoms with E-state index >= 15 is 0 Å². The zero-order valence-corrected chi connectivity index (χ0v) is 19.3. The van der Waals surface area contributed by atoms with E-state index in [-0.39, 0.29) is 17.0 Å². The third kappa shape index (κ3) is 11.2. The first kappa shape index (κ1) is 26.1. The topological polar surface area (TPSA) is 12.0 Å². The molecule has 0 saturated carbocycles. The Morgan fingerprint density at radius 2 is 1.13 bits per heavy atom. The Labute approximate surface area is 159 Å². The van der Waals surface area contributed by atoms with E-state index in [0.29, 0.717) is 0 Å². The summed E-state index contributed by atoms with van der Waals surface area (Å²) in [6.07, 6.45) is 18.3. The third-order valence-corrected chi connectivity index (χ3v) is 11.1. The number of hydrogen-bond donors (Lipinski definition) is 1. The minimum atomic E-state index is -0.767. The summed E-state index contributed by atoms with van der Waals surface area (Å²) in [6, 6.07) is 0. The Balaban J connectivity index is 0. The van der Waals surface area contributed by atoms with Crippen molar-refractivity contribution in [2.24, 2.45) is 0 Å². The van der Waals surface area contributed by atoms with E-state index in [9.17, 15) is 0 Å². The van der Waals surface area contributed by atoms with E-state index in [1.165, 1.54) is 89.2 Å². The van der Waals surface area contributed by atoms with Crippen molar-refractivity contribution in [3.05, 3.63) is 0 Å². The fourth-order valence-electron chi connectivity index (χ4n) is 3.66. The highest BCUT2D eigenvalue weighted by atomic mass is 79.9. The molecule has 0 rings (SSSR count). The quantitative estimate of drug-likeness (QED) is 0.300. The van der Waals surface area contributed by atoms with Crippen LogP contribution in [0.25, 0.3) is 0 Å². The molecule has 0 aromatic carbocycles. The van der Waals surface area contributed by atoms with E-state index < -0.39 is 7.26 Å². The first-order valence-corrected chi connectivity index (χ1v) is 12.7. The molecule has 1 N–H and O–H groups in total. The van der Waals surface area contributed by atoms with E-state index in [0.717, 1.165) is 5.78 Å². The van der Waals surface area contributed by atoms with E-state index in [1.807, 2.05) is 0 Å². The van der Waals surface area contributed by atoms with Gasteiger partial charge in [-0.3, -0.25) is 5.32 Å². The minimum Gasteiger partial charge on any atom is -1.00 e. The number of nitrogens with one attached hydrogen (secondary N) is 1. The van der Waals surface area contributed by atoms with Crippen molar-refractivity contribution in [1.82, 2.24) is 5.32 Å². The lowest BCUT2D eigenvalue weighted by Gasteiger charge is -2.33. The molecule has 0 aromatic rings. The van der Waals surface area contributed by atoms with Gasteiger partial charge in [-0.05, 0) is 46.6 Å². The number of halogens is 1. The Bertz CT molecular complexity index is 223. The largest absolute Gasteiger partial charge is 1.00 e. The number of unbranched alkanes of at least 4 members (excludes halogenated alkanes) is 7. The summed E-state index contributed by atoms with van der Waals surface area (Å²) in [5, 5.41) is 4.01. The summed E-state index contributed by atoms with van der Waals surface area (Å²) in [7, 11) is -0.767. The smallest absolute Gasteiger partial charge is 0.119 e. The Morgan fingerprint density at radius 3 is 1.65 bits per heavy atom. The van der Waals surface area contributed by atoms with Crippen molar-refractivity contribution in [2.45, 2.75) is 105 Å². The van der Waals surface area contributed by atoms with Gasteiger partial charge in [0.05, 0.1) is 18.5 Å². The summed E-state index contributed by atoms with van der Waals surface area (Å²) in [6.45, 7) is 13.2. The highest BCUT2D eigenvalue weighted by molar-refractivity contribution is 7.76. The summed E-state index contributed by atoms with van der Waals surface area (Å²) in [5.74, 6) is 0.842. The van der Waals surface area contributed by atoms with E-state index in [2.05, 4.69) is 39.9 Å². The van der Waals surface area contributed by atoms with Gasteiger partial charge in [-0.1, -0.05) is 58.8 Å². The van der Waals surface area contributed by atoms with Crippen LogP contribution in [0.3, 0.4) is 0 Å². The van der Waals surface area contributed by atoms with Gasteiger partial charge in [0.1, 0.15) is 5.78 Å². The molecule has 1 nitrogen and oxygen atoms in total. The van der Waals surface area contributed by atoms with E-state index in [4.69, 9.17) is 0 Å². The fourth-order valence-corrected chi connectivity index (χ4v) is 7.57. The molecule has 0 aromatic heterocycles. The predicted octanol–water partition coefficient (Wildman–Crippen LogP) is 3.92. The van der Waals surface area contributed by atoms with Crippen LogP contribution in [0.4, 0.5) is 0 Å². The van der Waals surface area contributed by atoms with Gasteiger partial charge in [0.15, 0.2) is 0 Å². The van der Waals surface area contributed by atoms with Crippen LogP contribution in [0, 0.1) is 0 Å². The maximum Gasteiger partial charge on any atom is 0.119 e. The molecule has 0 bridgehead atoms. The van der Waals surface area contributed by atoms with Crippen LogP contribution in [-0.2, 0) is 0 Å². The summed E-state index contributed by atoms with van der Waals surface area (Å²) in [4.78, 5) is 0. The van der Waals surface area contributed by atoms with Gasteiger partial charge in [-0.15, -0.1) is 0 Å². The maximum absolute atomic E-state index is 4.01. The van der Waals surface area contributed by atoms with Crippen LogP contribution >= 0.6 is 7.26 Å². The van der Waals surface area contributed by atoms with E-state index in [1.54, 1.807) is 0 Å². The van der Waals surface area contributed by atoms with Gasteiger partial charge in [-0.25, -0.2) is 0 Å². The molecule has 3 heteroatoms. The van der Waals surface area contributed by atoms with Gasteiger partial charge in [0.2, 0.25) is 0 Å². The van der Waals surface area contributed by atoms with Crippen LogP contribution in [0.1, 0.15) is 98.8 Å². The molecule has 0 radical (unpaired) electrons. The normalized spacial score (nSPS) is 12.9. The number of rotatable bonds is 16. The average molecular weight is 410 g/mol. The first-order chi connectivity index (χ1) is 10.7. The molecule has 1 unspecified atom stereocenters. The second kappa shape index (κ2) is 17.7. The molecule has 0 aliphatic heterocycles. The van der Waals surface area contributed by atoms with Crippen LogP contribution in [0.5, 0.6) is 0 Å². The van der Waals surface area contributed by atoms with Gasteiger partial charge in [0, 0.05) is 7.26 Å². The van der Waals surface area contributed by atoms with Crippen LogP contribution in [-0.4, -0.2) is 30.8 Å². The van der Waals surface area contributed by atoms with Crippen molar-refractivity contribution in [3.63, 3.8) is 0 Å². The minimum absolute atomic E-state index is 0. The zero-order valence-electron chi connectivity index (χ0n) is 16.8. The van der Waals surface area contributed by atoms with Crippen molar-refractivity contribution in [1.29, 1.82) is 0 Å². The highest BCUT2D eigenvalue weighted by Gasteiger charge is 2.39. The van der Waals surface area contributed by atoms with Crippen molar-refractivity contribution >= 4 is 7.26 Å². The van der Waals surface area contributed by atoms with Crippen LogP contribution in [0.2, 0.25) is 0 Å². The summed E-state index contributed by atoms with van der Waals surface area (Å²) >= 11 is 0. The van der Waals surface area contributed by atoms with Crippen molar-refractivity contribution in [3.8, 4) is 0 Å². The standard InChI is InChI=1S/C20H45NP.BrH/c1-6-11-13-14-15-17-19-21-20(18-16-12-7-2)22(8-3,9-4)10-5;/h20-21H,6-19H2,1-5H3;1H/q+1;/p-1. The lowest BCUT2D eigenvalue weighted by molar-refractivity contribution is -0.00000512. The molecule has 0 spiro atoms. The molecule has 0 saturated heterocycles. The molecule has 0 heterocycles. The van der Waals surface area contributed by atoms with Gasteiger partial charge < -0.3 is 17.0 Å². The molecule has 0 amide bonds. The molecule has 23 heavy (non-hydrogen) atoms. The lowest BCUT2D eigenvalue weighted by atomic mass is 10.1. The second-order valence-electron chi connectivity index (χ2n) is 6.90. The fraction of sp³-hybridized carbons (Fsp3) is 1.00. The van der Waals surface area contributed by atoms with Gasteiger partial charge in [-0.2, -0.15) is 0 Å². The number of hydrogen-bond acceptors (Lipinski definition) is 1. The second-order valence-corrected chi connectivity index (χ2v) is 11.9. The molecular weight excluding hydrogens is 365 g/mol. The Kier molecular flexibility index (Phi) is 20.1. The highest BCUT2D eigenvalue weighted by Crippen LogP contribution is 2.62.